The molecule has 130 valence electrons. The van der Waals surface area contributed by atoms with Gasteiger partial charge in [-0.15, -0.1) is 0 Å². The number of carbonyl (C=O) groups is 2. The smallest absolute Gasteiger partial charge is 0.329 e. The summed E-state index contributed by atoms with van der Waals surface area (Å²) in [5.41, 5.74) is 3.35. The van der Waals surface area contributed by atoms with Crippen molar-refractivity contribution in [3.05, 3.63) is 54.1 Å². The molecule has 2 N–H and O–H groups in total. The van der Waals surface area contributed by atoms with Gasteiger partial charge in [0.2, 0.25) is 0 Å². The summed E-state index contributed by atoms with van der Waals surface area (Å²) in [6, 6.07) is 13.9. The van der Waals surface area contributed by atoms with Gasteiger partial charge in [-0.2, -0.15) is 5.10 Å². The van der Waals surface area contributed by atoms with Crippen LogP contribution in [0.5, 0.6) is 11.5 Å². The van der Waals surface area contributed by atoms with E-state index in [-0.39, 0.29) is 0 Å². The Morgan fingerprint density at radius 2 is 1.80 bits per heavy atom. The minimum atomic E-state index is -0.879. The number of anilines is 1. The molecule has 0 aliphatic rings. The Labute approximate surface area is 145 Å². The third kappa shape index (κ3) is 5.35. The second kappa shape index (κ2) is 9.07. The maximum atomic E-state index is 11.9. The van der Waals surface area contributed by atoms with Crippen molar-refractivity contribution in [3.8, 4) is 11.5 Å². The van der Waals surface area contributed by atoms with Gasteiger partial charge < -0.3 is 14.8 Å². The van der Waals surface area contributed by atoms with E-state index in [1.165, 1.54) is 6.21 Å². The second-order valence-electron chi connectivity index (χ2n) is 4.86. The molecule has 0 fully saturated rings. The van der Waals surface area contributed by atoms with Crippen molar-refractivity contribution in [2.75, 3.05) is 19.0 Å². The number of methoxy groups -OCH3 is 1. The van der Waals surface area contributed by atoms with Crippen molar-refractivity contribution < 1.29 is 19.1 Å². The molecule has 0 aliphatic carbocycles. The summed E-state index contributed by atoms with van der Waals surface area (Å²) in [5.74, 6) is -0.503. The number of nitrogens with zero attached hydrogens (tertiary/aromatic N) is 1. The van der Waals surface area contributed by atoms with E-state index in [9.17, 15) is 9.59 Å². The molecule has 0 atom stereocenters. The number of hydrazone groups is 1. The van der Waals surface area contributed by atoms with Crippen LogP contribution in [-0.2, 0) is 9.59 Å². The van der Waals surface area contributed by atoms with Crippen molar-refractivity contribution >= 4 is 23.7 Å². The monoisotopic (exact) mass is 341 g/mol. The van der Waals surface area contributed by atoms with E-state index in [0.29, 0.717) is 23.8 Å². The highest BCUT2D eigenvalue weighted by Crippen LogP contribution is 2.23. The third-order valence-electron chi connectivity index (χ3n) is 3.14. The van der Waals surface area contributed by atoms with Crippen LogP contribution < -0.4 is 20.2 Å². The first-order valence-electron chi connectivity index (χ1n) is 7.64. The molecule has 0 saturated heterocycles. The van der Waals surface area contributed by atoms with Gasteiger partial charge >= 0.3 is 11.8 Å². The van der Waals surface area contributed by atoms with Gasteiger partial charge in [-0.25, -0.2) is 5.43 Å². The largest absolute Gasteiger partial charge is 0.497 e. The lowest BCUT2D eigenvalue weighted by molar-refractivity contribution is -0.136. The SMILES string of the molecule is CCOc1ccccc1NC(=O)C(=O)N/N=C\c1ccc(OC)cc1. The van der Waals surface area contributed by atoms with Crippen LogP contribution in [0.4, 0.5) is 5.69 Å². The standard InChI is InChI=1S/C18H19N3O4/c1-3-25-16-7-5-4-6-15(16)20-17(22)18(23)21-19-12-13-8-10-14(24-2)11-9-13/h4-12H,3H2,1-2H3,(H,20,22)(H,21,23)/b19-12-. The first kappa shape index (κ1) is 18.0. The van der Waals surface area contributed by atoms with Gasteiger partial charge in [0.1, 0.15) is 11.5 Å². The molecule has 25 heavy (non-hydrogen) atoms. The Balaban J connectivity index is 1.91. The van der Waals surface area contributed by atoms with E-state index in [1.807, 2.05) is 6.92 Å². The third-order valence-corrected chi connectivity index (χ3v) is 3.14. The summed E-state index contributed by atoms with van der Waals surface area (Å²) < 4.78 is 10.4. The van der Waals surface area contributed by atoms with Gasteiger partial charge in [0.05, 0.1) is 25.6 Å². The fraction of sp³-hybridized carbons (Fsp3) is 0.167. The van der Waals surface area contributed by atoms with E-state index in [0.717, 1.165) is 5.56 Å². The topological polar surface area (TPSA) is 89.0 Å². The zero-order valence-electron chi connectivity index (χ0n) is 14.0. The van der Waals surface area contributed by atoms with Crippen LogP contribution in [-0.4, -0.2) is 31.7 Å². The number of ether oxygens (including phenoxy) is 2. The van der Waals surface area contributed by atoms with E-state index < -0.39 is 11.8 Å². The number of hydrogen-bond donors (Lipinski definition) is 2. The summed E-state index contributed by atoms with van der Waals surface area (Å²) in [6.07, 6.45) is 1.43. The van der Waals surface area contributed by atoms with Gasteiger partial charge in [-0.3, -0.25) is 9.59 Å². The average Bonchev–Trinajstić information content (AvgIpc) is 2.64. The molecule has 2 aromatic rings. The summed E-state index contributed by atoms with van der Waals surface area (Å²) >= 11 is 0. The summed E-state index contributed by atoms with van der Waals surface area (Å²) in [7, 11) is 1.58. The maximum absolute atomic E-state index is 11.9. The summed E-state index contributed by atoms with van der Waals surface area (Å²) in [4.78, 5) is 23.7. The number of rotatable bonds is 6. The molecule has 0 aromatic heterocycles. The summed E-state index contributed by atoms with van der Waals surface area (Å²) in [6.45, 7) is 2.28. The van der Waals surface area contributed by atoms with Crippen molar-refractivity contribution in [1.29, 1.82) is 0 Å². The number of para-hydroxylation sites is 2. The Bertz CT molecular complexity index is 757. The van der Waals surface area contributed by atoms with Crippen LogP contribution >= 0.6 is 0 Å². The molecule has 0 radical (unpaired) electrons. The molecule has 0 bridgehead atoms. The molecule has 0 saturated carbocycles. The Morgan fingerprint density at radius 3 is 2.48 bits per heavy atom. The zero-order valence-corrected chi connectivity index (χ0v) is 14.0. The number of hydrogen-bond acceptors (Lipinski definition) is 5. The van der Waals surface area contributed by atoms with Crippen LogP contribution in [0.2, 0.25) is 0 Å². The maximum Gasteiger partial charge on any atom is 0.329 e. The van der Waals surface area contributed by atoms with Crippen molar-refractivity contribution in [2.45, 2.75) is 6.92 Å². The van der Waals surface area contributed by atoms with Crippen molar-refractivity contribution in [2.24, 2.45) is 5.10 Å². The van der Waals surface area contributed by atoms with Gasteiger partial charge in [0.25, 0.3) is 0 Å². The number of carbonyl (C=O) groups excluding carboxylic acids is 2. The molecular weight excluding hydrogens is 322 g/mol. The van der Waals surface area contributed by atoms with Crippen molar-refractivity contribution in [1.82, 2.24) is 5.43 Å². The highest BCUT2D eigenvalue weighted by molar-refractivity contribution is 6.39. The van der Waals surface area contributed by atoms with Crippen LogP contribution in [0, 0.1) is 0 Å². The second-order valence-corrected chi connectivity index (χ2v) is 4.86. The molecular formula is C18H19N3O4. The lowest BCUT2D eigenvalue weighted by Gasteiger charge is -2.10. The summed E-state index contributed by atoms with van der Waals surface area (Å²) in [5, 5.41) is 6.25. The Morgan fingerprint density at radius 1 is 1.08 bits per heavy atom. The normalized spacial score (nSPS) is 10.3. The molecule has 0 spiro atoms. The highest BCUT2D eigenvalue weighted by atomic mass is 16.5. The minimum absolute atomic E-state index is 0.420. The lowest BCUT2D eigenvalue weighted by Crippen LogP contribution is -2.32. The fourth-order valence-corrected chi connectivity index (χ4v) is 1.94. The number of amides is 2. The van der Waals surface area contributed by atoms with Crippen LogP contribution in [0.3, 0.4) is 0 Å². The molecule has 2 rings (SSSR count). The van der Waals surface area contributed by atoms with Crippen molar-refractivity contribution in [3.63, 3.8) is 0 Å². The predicted octanol–water partition coefficient (Wildman–Crippen LogP) is 2.18. The van der Waals surface area contributed by atoms with E-state index in [4.69, 9.17) is 9.47 Å². The quantitative estimate of drug-likeness (QED) is 0.479. The van der Waals surface area contributed by atoms with E-state index in [1.54, 1.807) is 55.6 Å². The number of nitrogens with one attached hydrogen (secondary N) is 2. The van der Waals surface area contributed by atoms with Crippen LogP contribution in [0.25, 0.3) is 0 Å². The molecule has 2 amide bonds. The molecule has 0 unspecified atom stereocenters. The van der Waals surface area contributed by atoms with Crippen LogP contribution in [0.1, 0.15) is 12.5 Å². The molecule has 0 heterocycles. The Kier molecular flexibility index (Phi) is 6.53. The average molecular weight is 341 g/mol. The first-order valence-corrected chi connectivity index (χ1v) is 7.64. The first-order chi connectivity index (χ1) is 12.1. The van der Waals surface area contributed by atoms with Gasteiger partial charge in [-0.1, -0.05) is 12.1 Å². The van der Waals surface area contributed by atoms with Gasteiger partial charge in [-0.05, 0) is 48.9 Å². The van der Waals surface area contributed by atoms with Gasteiger partial charge in [0.15, 0.2) is 0 Å². The predicted molar refractivity (Wildman–Crippen MR) is 95.0 cm³/mol. The number of benzene rings is 2. The van der Waals surface area contributed by atoms with E-state index in [2.05, 4.69) is 15.8 Å². The van der Waals surface area contributed by atoms with Gasteiger partial charge in [0, 0.05) is 0 Å². The lowest BCUT2D eigenvalue weighted by atomic mass is 10.2. The molecule has 2 aromatic carbocycles. The zero-order chi connectivity index (χ0) is 18.1. The van der Waals surface area contributed by atoms with Crippen LogP contribution in [0.15, 0.2) is 53.6 Å². The fourth-order valence-electron chi connectivity index (χ4n) is 1.94. The molecule has 0 aliphatic heterocycles. The minimum Gasteiger partial charge on any atom is -0.497 e. The highest BCUT2D eigenvalue weighted by Gasteiger charge is 2.15. The van der Waals surface area contributed by atoms with E-state index >= 15 is 0 Å². The molecule has 7 nitrogen and oxygen atoms in total. The Hall–Kier alpha value is -3.35. The molecule has 7 heteroatoms.